The second-order valence-corrected chi connectivity index (χ2v) is 6.18. The molecular formula is C18H18KNO4. The second-order valence-electron chi connectivity index (χ2n) is 6.18. The third-order valence-corrected chi connectivity index (χ3v) is 4.29. The average molecular weight is 351 g/mol. The van der Waals surface area contributed by atoms with E-state index in [1.807, 2.05) is 31.2 Å². The van der Waals surface area contributed by atoms with Crippen molar-refractivity contribution in [2.45, 2.75) is 19.4 Å². The van der Waals surface area contributed by atoms with Gasteiger partial charge in [0.1, 0.15) is 0 Å². The molecule has 0 radical (unpaired) electrons. The van der Waals surface area contributed by atoms with Gasteiger partial charge in [-0.1, -0.05) is 29.8 Å². The Bertz CT molecular complexity index is 777. The van der Waals surface area contributed by atoms with Crippen molar-refractivity contribution in [3.63, 3.8) is 0 Å². The molecule has 2 atom stereocenters. The van der Waals surface area contributed by atoms with Crippen LogP contribution in [0.1, 0.15) is 22.3 Å². The summed E-state index contributed by atoms with van der Waals surface area (Å²) in [4.78, 5) is 25.1. The number of carboxylic acid groups (broad SMARTS) is 1. The van der Waals surface area contributed by atoms with Crippen molar-refractivity contribution in [2.24, 2.45) is 5.92 Å². The number of carbonyl (C=O) groups excluding carboxylic acids is 2. The maximum atomic E-state index is 12.6. The Labute approximate surface area is 183 Å². The Morgan fingerprint density at radius 1 is 1.12 bits per heavy atom. The van der Waals surface area contributed by atoms with Crippen molar-refractivity contribution in [1.29, 1.82) is 0 Å². The molecule has 24 heavy (non-hydrogen) atoms. The number of hydrogen-bond donors (Lipinski definition) is 1. The molecule has 6 heteroatoms. The van der Waals surface area contributed by atoms with E-state index in [0.717, 1.165) is 16.3 Å². The molecule has 0 bridgehead atoms. The summed E-state index contributed by atoms with van der Waals surface area (Å²) in [6, 6.07) is 11.4. The Morgan fingerprint density at radius 3 is 2.50 bits per heavy atom. The van der Waals surface area contributed by atoms with Crippen LogP contribution < -0.4 is 56.5 Å². The van der Waals surface area contributed by atoms with Crippen LogP contribution >= 0.6 is 0 Å². The summed E-state index contributed by atoms with van der Waals surface area (Å²) in [5.74, 6) is -2.32. The van der Waals surface area contributed by atoms with Crippen LogP contribution in [0, 0.1) is 12.8 Å². The fourth-order valence-corrected chi connectivity index (χ4v) is 3.09. The van der Waals surface area contributed by atoms with Crippen LogP contribution in [0.3, 0.4) is 0 Å². The Kier molecular flexibility index (Phi) is 6.58. The van der Waals surface area contributed by atoms with Crippen LogP contribution in [0.4, 0.5) is 0 Å². The number of piperidine rings is 1. The Morgan fingerprint density at radius 2 is 1.79 bits per heavy atom. The molecule has 120 valence electrons. The van der Waals surface area contributed by atoms with Crippen LogP contribution in [0.2, 0.25) is 0 Å². The van der Waals surface area contributed by atoms with Crippen molar-refractivity contribution in [3.05, 3.63) is 47.5 Å². The van der Waals surface area contributed by atoms with Crippen LogP contribution in [0.25, 0.3) is 10.8 Å². The van der Waals surface area contributed by atoms with Gasteiger partial charge in [0.25, 0.3) is 5.91 Å². The number of carboxylic acids is 1. The summed E-state index contributed by atoms with van der Waals surface area (Å²) in [6.07, 6.45) is -0.706. The van der Waals surface area contributed by atoms with Crippen molar-refractivity contribution < 1.29 is 71.2 Å². The molecule has 1 aliphatic rings. The molecule has 1 amide bonds. The molecular weight excluding hydrogens is 333 g/mol. The summed E-state index contributed by atoms with van der Waals surface area (Å²) in [5.41, 5.74) is 1.64. The van der Waals surface area contributed by atoms with Crippen LogP contribution in [0.15, 0.2) is 36.4 Å². The zero-order chi connectivity index (χ0) is 16.6. The van der Waals surface area contributed by atoms with Gasteiger partial charge in [0, 0.05) is 30.5 Å². The molecule has 1 aliphatic heterocycles. The number of aryl methyl sites for hydroxylation is 1. The largest absolute Gasteiger partial charge is 1.00 e. The number of aliphatic carboxylic acids is 1. The third kappa shape index (κ3) is 4.25. The molecule has 0 saturated carbocycles. The number of hydrogen-bond acceptors (Lipinski definition) is 4. The molecule has 0 spiro atoms. The minimum absolute atomic E-state index is 0. The molecule has 0 aliphatic carbocycles. The molecule has 5 nitrogen and oxygen atoms in total. The first-order valence-corrected chi connectivity index (χ1v) is 7.62. The van der Waals surface area contributed by atoms with E-state index in [1.54, 1.807) is 12.1 Å². The Balaban J connectivity index is 0.00000208. The fraction of sp³-hybridized carbons (Fsp3) is 0.333. The van der Waals surface area contributed by atoms with Crippen molar-refractivity contribution in [2.75, 3.05) is 13.1 Å². The number of amides is 1. The molecule has 1 N–H and O–H groups in total. The number of aliphatic hydroxyl groups is 1. The van der Waals surface area contributed by atoms with Gasteiger partial charge in [-0.2, -0.15) is 0 Å². The van der Waals surface area contributed by atoms with E-state index in [-0.39, 0.29) is 76.8 Å². The minimum atomic E-state index is -1.23. The van der Waals surface area contributed by atoms with E-state index in [2.05, 4.69) is 0 Å². The van der Waals surface area contributed by atoms with Gasteiger partial charge in [-0.05, 0) is 36.2 Å². The smallest absolute Gasteiger partial charge is 0.550 e. The predicted octanol–water partition coefficient (Wildman–Crippen LogP) is -2.27. The van der Waals surface area contributed by atoms with E-state index in [4.69, 9.17) is 0 Å². The van der Waals surface area contributed by atoms with Crippen molar-refractivity contribution in [1.82, 2.24) is 4.90 Å². The molecule has 2 aromatic carbocycles. The summed E-state index contributed by atoms with van der Waals surface area (Å²) >= 11 is 0. The molecule has 1 saturated heterocycles. The van der Waals surface area contributed by atoms with Gasteiger partial charge in [0.2, 0.25) is 0 Å². The minimum Gasteiger partial charge on any atom is -0.550 e. The SMILES string of the molecule is Cc1ccc2cc(C(=O)N3CC(O)CC(C(=O)[O-])C3)ccc2c1.[K+]. The van der Waals surface area contributed by atoms with E-state index < -0.39 is 18.0 Å². The van der Waals surface area contributed by atoms with Crippen molar-refractivity contribution in [3.8, 4) is 0 Å². The van der Waals surface area contributed by atoms with Gasteiger partial charge in [0.15, 0.2) is 0 Å². The number of carbonyl (C=O) groups is 2. The first kappa shape index (κ1) is 19.6. The van der Waals surface area contributed by atoms with Gasteiger partial charge < -0.3 is 19.9 Å². The normalized spacial score (nSPS) is 20.5. The van der Waals surface area contributed by atoms with E-state index in [1.165, 1.54) is 4.90 Å². The zero-order valence-electron chi connectivity index (χ0n) is 13.9. The van der Waals surface area contributed by atoms with Crippen LogP contribution in [-0.4, -0.2) is 41.1 Å². The number of nitrogens with zero attached hydrogens (tertiary/aromatic N) is 1. The Hall–Kier alpha value is -0.764. The number of fused-ring (bicyclic) bond motifs is 1. The van der Waals surface area contributed by atoms with E-state index >= 15 is 0 Å². The van der Waals surface area contributed by atoms with Gasteiger partial charge >= 0.3 is 51.4 Å². The number of benzene rings is 2. The molecule has 2 unspecified atom stereocenters. The summed E-state index contributed by atoms with van der Waals surface area (Å²) in [5, 5.41) is 22.9. The topological polar surface area (TPSA) is 80.7 Å². The maximum Gasteiger partial charge on any atom is 1.00 e. The first-order chi connectivity index (χ1) is 10.9. The summed E-state index contributed by atoms with van der Waals surface area (Å²) < 4.78 is 0. The quantitative estimate of drug-likeness (QED) is 0.619. The monoisotopic (exact) mass is 351 g/mol. The molecule has 3 rings (SSSR count). The number of rotatable bonds is 2. The fourth-order valence-electron chi connectivity index (χ4n) is 3.09. The van der Waals surface area contributed by atoms with Crippen molar-refractivity contribution >= 4 is 22.6 Å². The number of likely N-dealkylation sites (tertiary alicyclic amines) is 1. The molecule has 0 aromatic heterocycles. The predicted molar refractivity (Wildman–Crippen MR) is 83.7 cm³/mol. The first-order valence-electron chi connectivity index (χ1n) is 7.62. The number of aliphatic hydroxyl groups excluding tert-OH is 1. The second kappa shape index (κ2) is 8.08. The van der Waals surface area contributed by atoms with Crippen LogP contribution in [0.5, 0.6) is 0 Å². The molecule has 2 aromatic rings. The standard InChI is InChI=1S/C18H19NO4.K/c1-11-2-3-13-7-14(5-4-12(13)6-11)17(21)19-9-15(18(22)23)8-16(20)10-19;/h2-7,15-16,20H,8-10H2,1H3,(H,22,23);/q;+1/p-1. The van der Waals surface area contributed by atoms with Gasteiger partial charge in [-0.15, -0.1) is 0 Å². The summed E-state index contributed by atoms with van der Waals surface area (Å²) in [7, 11) is 0. The average Bonchev–Trinajstić information content (AvgIpc) is 2.53. The maximum absolute atomic E-state index is 12.6. The van der Waals surface area contributed by atoms with Gasteiger partial charge in [0.05, 0.1) is 6.10 Å². The van der Waals surface area contributed by atoms with Gasteiger partial charge in [-0.25, -0.2) is 0 Å². The molecule has 1 fully saturated rings. The van der Waals surface area contributed by atoms with Crippen LogP contribution in [-0.2, 0) is 4.79 Å². The molecule has 1 heterocycles. The summed E-state index contributed by atoms with van der Waals surface area (Å²) in [6.45, 7) is 2.23. The van der Waals surface area contributed by atoms with Gasteiger partial charge in [-0.3, -0.25) is 4.79 Å². The number of β-amino-alcohol motifs (C(OH)–C–C–N with tert-alkyl or cyclic N) is 1. The third-order valence-electron chi connectivity index (χ3n) is 4.29. The van der Waals surface area contributed by atoms with E-state index in [9.17, 15) is 19.8 Å². The zero-order valence-corrected chi connectivity index (χ0v) is 17.0. The van der Waals surface area contributed by atoms with E-state index in [0.29, 0.717) is 5.56 Å².